The molecular weight excluding hydrogens is 204 g/mol. The van der Waals surface area contributed by atoms with Crippen LogP contribution in [0.3, 0.4) is 0 Å². The maximum Gasteiger partial charge on any atom is 0.236 e. The number of nitrogens with zero attached hydrogens (tertiary/aromatic N) is 4. The molecule has 0 radical (unpaired) electrons. The molecule has 0 fully saturated rings. The van der Waals surface area contributed by atoms with E-state index in [4.69, 9.17) is 4.42 Å². The lowest BCUT2D eigenvalue weighted by molar-refractivity contribution is 0.438. The zero-order chi connectivity index (χ0) is 11.5. The number of hydrogen-bond donors (Lipinski definition) is 0. The highest BCUT2D eigenvalue weighted by molar-refractivity contribution is 4.99. The van der Waals surface area contributed by atoms with Crippen molar-refractivity contribution in [3.63, 3.8) is 0 Å². The second kappa shape index (κ2) is 4.47. The molecule has 0 bridgehead atoms. The van der Waals surface area contributed by atoms with Crippen LogP contribution in [0.5, 0.6) is 0 Å². The topological polar surface area (TPSA) is 56.7 Å². The molecule has 2 aromatic rings. The summed E-state index contributed by atoms with van der Waals surface area (Å²) in [4.78, 5) is 4.31. The Hall–Kier alpha value is -1.65. The maximum absolute atomic E-state index is 5.47. The molecule has 86 valence electrons. The quantitative estimate of drug-likeness (QED) is 0.790. The Balaban J connectivity index is 2.17. The van der Waals surface area contributed by atoms with E-state index in [1.807, 2.05) is 17.7 Å². The lowest BCUT2D eigenvalue weighted by Crippen LogP contribution is -2.06. The molecule has 16 heavy (non-hydrogen) atoms. The van der Waals surface area contributed by atoms with Crippen molar-refractivity contribution in [2.45, 2.75) is 39.7 Å². The van der Waals surface area contributed by atoms with E-state index in [1.54, 1.807) is 6.20 Å². The summed E-state index contributed by atoms with van der Waals surface area (Å²) in [6, 6.07) is 0. The third-order valence-electron chi connectivity index (χ3n) is 2.38. The van der Waals surface area contributed by atoms with Crippen molar-refractivity contribution in [3.8, 4) is 0 Å². The molecule has 0 aliphatic heterocycles. The molecule has 0 saturated heterocycles. The second-order valence-electron chi connectivity index (χ2n) is 4.01. The SMILES string of the molecule is CCc1nnc(Cn2ccnc2C(C)C)o1. The molecule has 2 heterocycles. The molecule has 0 aliphatic carbocycles. The van der Waals surface area contributed by atoms with E-state index in [0.29, 0.717) is 24.2 Å². The molecule has 5 heteroatoms. The van der Waals surface area contributed by atoms with Gasteiger partial charge >= 0.3 is 0 Å². The second-order valence-corrected chi connectivity index (χ2v) is 4.01. The first-order chi connectivity index (χ1) is 7.70. The smallest absolute Gasteiger partial charge is 0.236 e. The average Bonchev–Trinajstić information content (AvgIpc) is 2.87. The first-order valence-electron chi connectivity index (χ1n) is 5.53. The van der Waals surface area contributed by atoms with Crippen LogP contribution in [0.4, 0.5) is 0 Å². The Labute approximate surface area is 94.5 Å². The minimum Gasteiger partial charge on any atom is -0.423 e. The normalized spacial score (nSPS) is 11.2. The highest BCUT2D eigenvalue weighted by atomic mass is 16.4. The zero-order valence-corrected chi connectivity index (χ0v) is 9.84. The summed E-state index contributed by atoms with van der Waals surface area (Å²) in [5.74, 6) is 2.75. The van der Waals surface area contributed by atoms with Gasteiger partial charge in [0.15, 0.2) is 0 Å². The first-order valence-corrected chi connectivity index (χ1v) is 5.53. The van der Waals surface area contributed by atoms with Gasteiger partial charge in [-0.1, -0.05) is 20.8 Å². The predicted molar refractivity (Wildman–Crippen MR) is 59.1 cm³/mol. The Morgan fingerprint density at radius 2 is 2.06 bits per heavy atom. The number of imidazole rings is 1. The van der Waals surface area contributed by atoms with Gasteiger partial charge in [0.1, 0.15) is 12.4 Å². The summed E-state index contributed by atoms with van der Waals surface area (Å²) in [6.07, 6.45) is 4.51. The zero-order valence-electron chi connectivity index (χ0n) is 9.84. The van der Waals surface area contributed by atoms with Crippen LogP contribution in [0, 0.1) is 0 Å². The van der Waals surface area contributed by atoms with E-state index in [-0.39, 0.29) is 0 Å². The fourth-order valence-electron chi connectivity index (χ4n) is 1.60. The molecule has 0 aromatic carbocycles. The number of rotatable bonds is 4. The van der Waals surface area contributed by atoms with Gasteiger partial charge in [0.05, 0.1) is 0 Å². The van der Waals surface area contributed by atoms with Gasteiger partial charge in [-0.05, 0) is 0 Å². The summed E-state index contributed by atoms with van der Waals surface area (Å²) in [5, 5.41) is 7.94. The van der Waals surface area contributed by atoms with Crippen molar-refractivity contribution in [2.24, 2.45) is 0 Å². The van der Waals surface area contributed by atoms with Crippen molar-refractivity contribution in [2.75, 3.05) is 0 Å². The van der Waals surface area contributed by atoms with Crippen molar-refractivity contribution < 1.29 is 4.42 Å². The van der Waals surface area contributed by atoms with Gasteiger partial charge < -0.3 is 8.98 Å². The standard InChI is InChI=1S/C11H16N4O/c1-4-9-13-14-10(16-9)7-15-6-5-12-11(15)8(2)3/h5-6,8H,4,7H2,1-3H3. The number of hydrogen-bond acceptors (Lipinski definition) is 4. The Morgan fingerprint density at radius 1 is 1.31 bits per heavy atom. The fraction of sp³-hybridized carbons (Fsp3) is 0.545. The van der Waals surface area contributed by atoms with E-state index in [9.17, 15) is 0 Å². The molecule has 5 nitrogen and oxygen atoms in total. The minimum absolute atomic E-state index is 0.392. The van der Waals surface area contributed by atoms with Crippen LogP contribution < -0.4 is 0 Å². The molecule has 0 N–H and O–H groups in total. The third-order valence-corrected chi connectivity index (χ3v) is 2.38. The molecular formula is C11H16N4O. The lowest BCUT2D eigenvalue weighted by atomic mass is 10.2. The van der Waals surface area contributed by atoms with Gasteiger partial charge in [-0.2, -0.15) is 0 Å². The number of aryl methyl sites for hydroxylation is 1. The minimum atomic E-state index is 0.392. The summed E-state index contributed by atoms with van der Waals surface area (Å²) in [7, 11) is 0. The first kappa shape index (κ1) is 10.9. The Morgan fingerprint density at radius 3 is 2.69 bits per heavy atom. The third kappa shape index (κ3) is 2.13. The van der Waals surface area contributed by atoms with E-state index in [2.05, 4.69) is 29.0 Å². The molecule has 0 saturated carbocycles. The highest BCUT2D eigenvalue weighted by Gasteiger charge is 2.10. The van der Waals surface area contributed by atoms with Gasteiger partial charge in [-0.15, -0.1) is 10.2 Å². The molecule has 2 aromatic heterocycles. The molecule has 0 aliphatic rings. The summed E-state index contributed by atoms with van der Waals surface area (Å²) < 4.78 is 7.51. The monoisotopic (exact) mass is 220 g/mol. The molecule has 0 spiro atoms. The van der Waals surface area contributed by atoms with Crippen LogP contribution in [0.1, 0.15) is 44.3 Å². The van der Waals surface area contributed by atoms with Crippen molar-refractivity contribution >= 4 is 0 Å². The van der Waals surface area contributed by atoms with Crippen LogP contribution >= 0.6 is 0 Å². The maximum atomic E-state index is 5.47. The Kier molecular flexibility index (Phi) is 3.03. The molecule has 0 amide bonds. The molecule has 0 atom stereocenters. The van der Waals surface area contributed by atoms with Crippen molar-refractivity contribution in [1.29, 1.82) is 0 Å². The van der Waals surface area contributed by atoms with Crippen molar-refractivity contribution in [3.05, 3.63) is 30.0 Å². The van der Waals surface area contributed by atoms with Gasteiger partial charge in [0, 0.05) is 24.7 Å². The largest absolute Gasteiger partial charge is 0.423 e. The fourth-order valence-corrected chi connectivity index (χ4v) is 1.60. The van der Waals surface area contributed by atoms with Crippen LogP contribution in [0.25, 0.3) is 0 Å². The molecule has 0 unspecified atom stereocenters. The van der Waals surface area contributed by atoms with Gasteiger partial charge in [0.2, 0.25) is 11.8 Å². The predicted octanol–water partition coefficient (Wildman–Crippen LogP) is 2.00. The van der Waals surface area contributed by atoms with Gasteiger partial charge in [-0.25, -0.2) is 4.98 Å². The van der Waals surface area contributed by atoms with Gasteiger partial charge in [-0.3, -0.25) is 0 Å². The van der Waals surface area contributed by atoms with E-state index >= 15 is 0 Å². The molecule has 2 rings (SSSR count). The highest BCUT2D eigenvalue weighted by Crippen LogP contribution is 2.13. The number of aromatic nitrogens is 4. The van der Waals surface area contributed by atoms with Crippen LogP contribution in [0.2, 0.25) is 0 Å². The van der Waals surface area contributed by atoms with Crippen LogP contribution in [-0.4, -0.2) is 19.7 Å². The summed E-state index contributed by atoms with van der Waals surface area (Å²) >= 11 is 0. The van der Waals surface area contributed by atoms with Crippen LogP contribution in [0.15, 0.2) is 16.8 Å². The average molecular weight is 220 g/mol. The van der Waals surface area contributed by atoms with Crippen molar-refractivity contribution in [1.82, 2.24) is 19.7 Å². The Bertz CT molecular complexity index is 458. The summed E-state index contributed by atoms with van der Waals surface area (Å²) in [5.41, 5.74) is 0. The van der Waals surface area contributed by atoms with E-state index in [1.165, 1.54) is 0 Å². The van der Waals surface area contributed by atoms with E-state index in [0.717, 1.165) is 12.2 Å². The van der Waals surface area contributed by atoms with Crippen LogP contribution in [-0.2, 0) is 13.0 Å². The lowest BCUT2D eigenvalue weighted by Gasteiger charge is -2.07. The van der Waals surface area contributed by atoms with Gasteiger partial charge in [0.25, 0.3) is 0 Å². The summed E-state index contributed by atoms with van der Waals surface area (Å²) in [6.45, 7) is 6.82. The van der Waals surface area contributed by atoms with E-state index < -0.39 is 0 Å².